The molecule has 0 aromatic heterocycles. The Morgan fingerprint density at radius 1 is 1.28 bits per heavy atom. The Balaban J connectivity index is 2.17. The SMILES string of the molecule is CNC1CCCC(S(=O)c2cc(C)ccc2C)C1. The largest absolute Gasteiger partial charge is 0.317 e. The van der Waals surface area contributed by atoms with E-state index in [2.05, 4.69) is 37.4 Å². The van der Waals surface area contributed by atoms with Crippen molar-refractivity contribution in [2.75, 3.05) is 7.05 Å². The highest BCUT2D eigenvalue weighted by Crippen LogP contribution is 2.28. The van der Waals surface area contributed by atoms with E-state index in [4.69, 9.17) is 0 Å². The van der Waals surface area contributed by atoms with Gasteiger partial charge in [-0.25, -0.2) is 0 Å². The molecule has 0 bridgehead atoms. The van der Waals surface area contributed by atoms with Crippen LogP contribution >= 0.6 is 0 Å². The van der Waals surface area contributed by atoms with Crippen molar-refractivity contribution in [2.45, 2.75) is 55.7 Å². The van der Waals surface area contributed by atoms with Gasteiger partial charge in [0.1, 0.15) is 0 Å². The van der Waals surface area contributed by atoms with E-state index in [-0.39, 0.29) is 0 Å². The lowest BCUT2D eigenvalue weighted by Crippen LogP contribution is -2.35. The molecule has 1 aliphatic carbocycles. The predicted molar refractivity (Wildman–Crippen MR) is 77.4 cm³/mol. The summed E-state index contributed by atoms with van der Waals surface area (Å²) in [5.41, 5.74) is 2.36. The van der Waals surface area contributed by atoms with Crippen LogP contribution in [0.2, 0.25) is 0 Å². The fourth-order valence-corrected chi connectivity index (χ4v) is 4.54. The second-order valence-corrected chi connectivity index (χ2v) is 7.04. The number of nitrogens with one attached hydrogen (secondary N) is 1. The number of hydrogen-bond acceptors (Lipinski definition) is 2. The van der Waals surface area contributed by atoms with Crippen molar-refractivity contribution in [1.29, 1.82) is 0 Å². The minimum atomic E-state index is -0.854. The molecule has 1 N–H and O–H groups in total. The Bertz CT molecular complexity index is 444. The van der Waals surface area contributed by atoms with Crippen LogP contribution < -0.4 is 5.32 Å². The van der Waals surface area contributed by atoms with Crippen molar-refractivity contribution in [3.05, 3.63) is 29.3 Å². The fourth-order valence-electron chi connectivity index (χ4n) is 2.71. The average Bonchev–Trinajstić information content (AvgIpc) is 2.41. The zero-order valence-corrected chi connectivity index (χ0v) is 12.3. The molecule has 0 aliphatic heterocycles. The van der Waals surface area contributed by atoms with Crippen molar-refractivity contribution in [2.24, 2.45) is 0 Å². The van der Waals surface area contributed by atoms with Gasteiger partial charge >= 0.3 is 0 Å². The number of rotatable bonds is 3. The Morgan fingerprint density at radius 3 is 2.78 bits per heavy atom. The van der Waals surface area contributed by atoms with Crippen LogP contribution in [-0.4, -0.2) is 22.5 Å². The van der Waals surface area contributed by atoms with Gasteiger partial charge in [0, 0.05) is 16.2 Å². The topological polar surface area (TPSA) is 29.1 Å². The summed E-state index contributed by atoms with van der Waals surface area (Å²) >= 11 is 0. The summed E-state index contributed by atoms with van der Waals surface area (Å²) in [6, 6.07) is 6.81. The Kier molecular flexibility index (Phi) is 4.57. The van der Waals surface area contributed by atoms with E-state index in [0.29, 0.717) is 11.3 Å². The molecule has 2 nitrogen and oxygen atoms in total. The Labute approximate surface area is 113 Å². The van der Waals surface area contributed by atoms with Crippen molar-refractivity contribution in [3.8, 4) is 0 Å². The van der Waals surface area contributed by atoms with Gasteiger partial charge in [0.2, 0.25) is 0 Å². The molecule has 0 saturated heterocycles. The van der Waals surface area contributed by atoms with Crippen LogP contribution in [0.5, 0.6) is 0 Å². The summed E-state index contributed by atoms with van der Waals surface area (Å²) in [6.45, 7) is 4.13. The van der Waals surface area contributed by atoms with Crippen molar-refractivity contribution >= 4 is 10.8 Å². The fraction of sp³-hybridized carbons (Fsp3) is 0.600. The molecule has 1 saturated carbocycles. The lowest BCUT2D eigenvalue weighted by atomic mass is 9.95. The molecule has 0 spiro atoms. The molecule has 3 heteroatoms. The van der Waals surface area contributed by atoms with Gasteiger partial charge in [0.15, 0.2) is 0 Å². The van der Waals surface area contributed by atoms with Crippen LogP contribution in [0.4, 0.5) is 0 Å². The molecule has 1 aliphatic rings. The van der Waals surface area contributed by atoms with Crippen molar-refractivity contribution in [1.82, 2.24) is 5.32 Å². The third-order valence-electron chi connectivity index (χ3n) is 3.90. The molecular formula is C15H23NOS. The first-order chi connectivity index (χ1) is 8.61. The molecule has 0 heterocycles. The molecule has 1 aromatic rings. The molecular weight excluding hydrogens is 242 g/mol. The minimum Gasteiger partial charge on any atom is -0.317 e. The molecule has 3 unspecified atom stereocenters. The van der Waals surface area contributed by atoms with Crippen LogP contribution in [0.25, 0.3) is 0 Å². The highest BCUT2D eigenvalue weighted by molar-refractivity contribution is 7.85. The highest BCUT2D eigenvalue weighted by atomic mass is 32.2. The lowest BCUT2D eigenvalue weighted by molar-refractivity contribution is 0.398. The molecule has 18 heavy (non-hydrogen) atoms. The summed E-state index contributed by atoms with van der Waals surface area (Å²) in [5.74, 6) is 0. The summed E-state index contributed by atoms with van der Waals surface area (Å²) < 4.78 is 12.7. The van der Waals surface area contributed by atoms with Crippen molar-refractivity contribution < 1.29 is 4.21 Å². The van der Waals surface area contributed by atoms with Gasteiger partial charge in [0.25, 0.3) is 0 Å². The van der Waals surface area contributed by atoms with Gasteiger partial charge in [-0.05, 0) is 57.4 Å². The maximum absolute atomic E-state index is 12.7. The van der Waals surface area contributed by atoms with E-state index in [1.807, 2.05) is 7.05 Å². The zero-order valence-electron chi connectivity index (χ0n) is 11.5. The molecule has 3 atom stereocenters. The zero-order chi connectivity index (χ0) is 13.1. The monoisotopic (exact) mass is 265 g/mol. The normalized spacial score (nSPS) is 25.9. The minimum absolute atomic E-state index is 0.316. The molecule has 0 amide bonds. The van der Waals surface area contributed by atoms with Crippen LogP contribution in [0.1, 0.15) is 36.8 Å². The van der Waals surface area contributed by atoms with E-state index in [9.17, 15) is 4.21 Å². The highest BCUT2D eigenvalue weighted by Gasteiger charge is 2.26. The van der Waals surface area contributed by atoms with Crippen LogP contribution in [0.3, 0.4) is 0 Å². The number of aryl methyl sites for hydroxylation is 2. The number of benzene rings is 1. The summed E-state index contributed by atoms with van der Waals surface area (Å²) in [4.78, 5) is 1.04. The van der Waals surface area contributed by atoms with E-state index in [1.165, 1.54) is 18.4 Å². The van der Waals surface area contributed by atoms with Gasteiger partial charge in [-0.2, -0.15) is 0 Å². The molecule has 2 rings (SSSR count). The second-order valence-electron chi connectivity index (χ2n) is 5.34. The molecule has 0 radical (unpaired) electrons. The van der Waals surface area contributed by atoms with Crippen molar-refractivity contribution in [3.63, 3.8) is 0 Å². The molecule has 1 aromatic carbocycles. The first kappa shape index (κ1) is 13.8. The van der Waals surface area contributed by atoms with E-state index < -0.39 is 10.8 Å². The number of hydrogen-bond donors (Lipinski definition) is 1. The summed E-state index contributed by atoms with van der Waals surface area (Å²) in [6.07, 6.45) is 4.54. The van der Waals surface area contributed by atoms with Gasteiger partial charge in [-0.15, -0.1) is 0 Å². The van der Waals surface area contributed by atoms with Gasteiger partial charge in [-0.3, -0.25) is 4.21 Å². The van der Waals surface area contributed by atoms with Crippen LogP contribution in [-0.2, 0) is 10.8 Å². The van der Waals surface area contributed by atoms with Crippen LogP contribution in [0, 0.1) is 13.8 Å². The average molecular weight is 265 g/mol. The van der Waals surface area contributed by atoms with Gasteiger partial charge in [0.05, 0.1) is 10.8 Å². The van der Waals surface area contributed by atoms with E-state index in [0.717, 1.165) is 23.3 Å². The first-order valence-electron chi connectivity index (χ1n) is 6.77. The second kappa shape index (κ2) is 5.98. The standard InChI is InChI=1S/C15H23NOS/c1-11-7-8-12(2)15(9-11)18(17)14-6-4-5-13(10-14)16-3/h7-9,13-14,16H,4-6,10H2,1-3H3. The van der Waals surface area contributed by atoms with Gasteiger partial charge in [-0.1, -0.05) is 18.6 Å². The van der Waals surface area contributed by atoms with Gasteiger partial charge < -0.3 is 5.32 Å². The maximum atomic E-state index is 12.7. The molecule has 1 fully saturated rings. The third-order valence-corrected chi connectivity index (χ3v) is 5.80. The van der Waals surface area contributed by atoms with Crippen LogP contribution in [0.15, 0.2) is 23.1 Å². The smallest absolute Gasteiger partial charge is 0.0564 e. The lowest BCUT2D eigenvalue weighted by Gasteiger charge is -2.28. The predicted octanol–water partition coefficient (Wildman–Crippen LogP) is 2.94. The Hall–Kier alpha value is -0.670. The van der Waals surface area contributed by atoms with E-state index >= 15 is 0 Å². The maximum Gasteiger partial charge on any atom is 0.0564 e. The summed E-state index contributed by atoms with van der Waals surface area (Å²) in [7, 11) is 1.15. The molecule has 100 valence electrons. The first-order valence-corrected chi connectivity index (χ1v) is 7.98. The third kappa shape index (κ3) is 3.01. The Morgan fingerprint density at radius 2 is 2.06 bits per heavy atom. The van der Waals surface area contributed by atoms with E-state index in [1.54, 1.807) is 0 Å². The quantitative estimate of drug-likeness (QED) is 0.910. The summed E-state index contributed by atoms with van der Waals surface area (Å²) in [5, 5.41) is 3.65.